The van der Waals surface area contributed by atoms with Gasteiger partial charge in [-0.3, -0.25) is 23.7 Å². The smallest absolute Gasteiger partial charge is 0.296 e. The summed E-state index contributed by atoms with van der Waals surface area (Å²) in [6.45, 7) is 7.15. The number of carbonyl (C=O) groups is 3. The van der Waals surface area contributed by atoms with Gasteiger partial charge in [0.2, 0.25) is 17.6 Å². The molecule has 2 bridgehead atoms. The minimum Gasteiger partial charge on any atom is -0.501 e. The van der Waals surface area contributed by atoms with Gasteiger partial charge >= 0.3 is 0 Å². The molecular weight excluding hydrogens is 505 g/mol. The second kappa shape index (κ2) is 9.94. The van der Waals surface area contributed by atoms with Crippen LogP contribution in [-0.2, 0) is 28.2 Å². The van der Waals surface area contributed by atoms with Crippen molar-refractivity contribution in [1.82, 2.24) is 25.5 Å². The zero-order valence-electron chi connectivity index (χ0n) is 21.9. The van der Waals surface area contributed by atoms with E-state index in [0.29, 0.717) is 30.5 Å². The zero-order valence-corrected chi connectivity index (χ0v) is 21.9. The van der Waals surface area contributed by atoms with E-state index in [2.05, 4.69) is 27.5 Å². The Morgan fingerprint density at radius 1 is 1.28 bits per heavy atom. The highest BCUT2D eigenvalue weighted by Crippen LogP contribution is 2.45. The second-order valence-electron chi connectivity index (χ2n) is 10.9. The van der Waals surface area contributed by atoms with E-state index in [4.69, 9.17) is 0 Å². The quantitative estimate of drug-likeness (QED) is 0.397. The molecule has 6 rings (SSSR count). The fourth-order valence-corrected chi connectivity index (χ4v) is 6.04. The first kappa shape index (κ1) is 26.6. The molecule has 2 aliphatic carbocycles. The predicted octanol–water partition coefficient (Wildman–Crippen LogP) is 1.78. The molecule has 2 aliphatic heterocycles. The third-order valence-corrected chi connectivity index (χ3v) is 8.25. The Kier molecular flexibility index (Phi) is 6.77. The fourth-order valence-electron chi connectivity index (χ4n) is 6.04. The Morgan fingerprint density at radius 3 is 2.64 bits per heavy atom. The summed E-state index contributed by atoms with van der Waals surface area (Å²) in [6, 6.07) is 4.08. The standard InChI is InChI=1S/C28H32FN5O5/c1-4-18-20(21(18)31-15(3)35)24(37)33-28-9-7-16(8-10-28)13-34-26(39)23(36)22(32-27(28)34)25(38)30-12-17-5-6-19(29)14(2)11-17/h4-6,11,16,18,20-21,36H,1,7-10,12-13H2,2-3H3,(H,30,38)(H,31,35)(H,33,37)/t16?,18-,20+,21+,28?/m1/s1. The summed E-state index contributed by atoms with van der Waals surface area (Å²) in [4.78, 5) is 55.9. The van der Waals surface area contributed by atoms with Crippen LogP contribution >= 0.6 is 0 Å². The molecule has 206 valence electrons. The molecule has 3 amide bonds. The number of aromatic hydroxyl groups is 1. The van der Waals surface area contributed by atoms with Crippen LogP contribution in [0.3, 0.4) is 0 Å². The summed E-state index contributed by atoms with van der Waals surface area (Å²) < 4.78 is 15.0. The number of nitrogens with one attached hydrogen (secondary N) is 3. The van der Waals surface area contributed by atoms with Crippen molar-refractivity contribution >= 4 is 17.7 Å². The number of aryl methyl sites for hydroxylation is 1. The summed E-state index contributed by atoms with van der Waals surface area (Å²) in [5.74, 6) is -2.69. The van der Waals surface area contributed by atoms with E-state index in [1.807, 2.05) is 0 Å². The van der Waals surface area contributed by atoms with Crippen molar-refractivity contribution in [2.75, 3.05) is 0 Å². The molecule has 4 N–H and O–H groups in total. The van der Waals surface area contributed by atoms with E-state index >= 15 is 0 Å². The number of aromatic nitrogens is 2. The van der Waals surface area contributed by atoms with Gasteiger partial charge in [-0.1, -0.05) is 18.2 Å². The lowest BCUT2D eigenvalue weighted by Crippen LogP contribution is -2.51. The Balaban J connectivity index is 1.45. The van der Waals surface area contributed by atoms with Crippen molar-refractivity contribution in [2.24, 2.45) is 17.8 Å². The van der Waals surface area contributed by atoms with Crippen molar-refractivity contribution in [1.29, 1.82) is 0 Å². The van der Waals surface area contributed by atoms with Crippen LogP contribution in [0.1, 0.15) is 60.0 Å². The molecule has 2 fully saturated rings. The van der Waals surface area contributed by atoms with Gasteiger partial charge < -0.3 is 21.1 Å². The minimum atomic E-state index is -1.00. The van der Waals surface area contributed by atoms with Crippen LogP contribution in [0, 0.1) is 30.5 Å². The van der Waals surface area contributed by atoms with E-state index in [1.165, 1.54) is 23.6 Å². The predicted molar refractivity (Wildman–Crippen MR) is 139 cm³/mol. The first-order valence-corrected chi connectivity index (χ1v) is 13.1. The molecule has 1 aromatic heterocycles. The van der Waals surface area contributed by atoms with Gasteiger partial charge in [-0.2, -0.15) is 0 Å². The molecule has 10 nitrogen and oxygen atoms in total. The zero-order chi connectivity index (χ0) is 28.1. The molecule has 2 saturated carbocycles. The van der Waals surface area contributed by atoms with Crippen molar-refractivity contribution in [2.45, 2.75) is 64.2 Å². The monoisotopic (exact) mass is 537 g/mol. The Hall–Kier alpha value is -4.02. The Bertz CT molecular complexity index is 1430. The highest BCUT2D eigenvalue weighted by molar-refractivity contribution is 5.94. The van der Waals surface area contributed by atoms with Crippen LogP contribution in [0.15, 0.2) is 35.6 Å². The first-order chi connectivity index (χ1) is 18.5. The van der Waals surface area contributed by atoms with Gasteiger partial charge in [-0.15, -0.1) is 6.58 Å². The second-order valence-corrected chi connectivity index (χ2v) is 10.9. The highest BCUT2D eigenvalue weighted by atomic mass is 19.1. The number of nitrogens with zero attached hydrogens (tertiary/aromatic N) is 2. The maximum absolute atomic E-state index is 13.6. The Morgan fingerprint density at radius 2 is 2.00 bits per heavy atom. The molecule has 1 aromatic carbocycles. The molecule has 0 unspecified atom stereocenters. The molecule has 0 spiro atoms. The third kappa shape index (κ3) is 4.81. The number of fused-ring (bicyclic) bond motifs is 2. The van der Waals surface area contributed by atoms with Crippen molar-refractivity contribution in [3.05, 3.63) is 69.7 Å². The van der Waals surface area contributed by atoms with Gasteiger partial charge in [0.05, 0.1) is 11.5 Å². The summed E-state index contributed by atoms with van der Waals surface area (Å²) >= 11 is 0. The molecule has 11 heteroatoms. The van der Waals surface area contributed by atoms with E-state index in [1.54, 1.807) is 19.1 Å². The van der Waals surface area contributed by atoms with Crippen LogP contribution in [0.4, 0.5) is 4.39 Å². The minimum absolute atomic E-state index is 0.0403. The molecular formula is C28H32FN5O5. The Labute approximate surface area is 224 Å². The maximum Gasteiger partial charge on any atom is 0.296 e. The number of carbonyl (C=O) groups excluding carboxylic acids is 3. The van der Waals surface area contributed by atoms with E-state index in [0.717, 1.165) is 12.8 Å². The molecule has 3 heterocycles. The number of hydrogen-bond donors (Lipinski definition) is 4. The van der Waals surface area contributed by atoms with Crippen LogP contribution in [0.2, 0.25) is 0 Å². The van der Waals surface area contributed by atoms with Crippen LogP contribution in [0.5, 0.6) is 5.75 Å². The maximum atomic E-state index is 13.6. The number of rotatable bonds is 7. The normalized spacial score (nSPS) is 26.6. The van der Waals surface area contributed by atoms with E-state index in [-0.39, 0.29) is 47.9 Å². The molecule has 2 aromatic rings. The van der Waals surface area contributed by atoms with Crippen LogP contribution < -0.4 is 21.5 Å². The van der Waals surface area contributed by atoms with Crippen molar-refractivity contribution in [3.8, 4) is 5.75 Å². The SMILES string of the molecule is C=C[C@H]1[C@H](NC(C)=O)[C@H]1C(=O)NC12CCC(CC1)Cn1c2nc(C(=O)NCc2ccc(F)c(C)c2)c(O)c1=O. The summed E-state index contributed by atoms with van der Waals surface area (Å²) in [5.41, 5.74) is -1.09. The highest BCUT2D eigenvalue weighted by Gasteiger charge is 2.56. The van der Waals surface area contributed by atoms with Crippen molar-refractivity contribution < 1.29 is 23.9 Å². The van der Waals surface area contributed by atoms with E-state index < -0.39 is 34.4 Å². The number of hydrogen-bond acceptors (Lipinski definition) is 6. The molecule has 3 atom stereocenters. The lowest BCUT2D eigenvalue weighted by molar-refractivity contribution is -0.125. The molecule has 39 heavy (non-hydrogen) atoms. The van der Waals surface area contributed by atoms with Gasteiger partial charge in [0.15, 0.2) is 5.69 Å². The van der Waals surface area contributed by atoms with Crippen LogP contribution in [0.25, 0.3) is 0 Å². The van der Waals surface area contributed by atoms with Gasteiger partial charge in [0.1, 0.15) is 11.6 Å². The van der Waals surface area contributed by atoms with Crippen LogP contribution in [-0.4, -0.2) is 38.4 Å². The third-order valence-electron chi connectivity index (χ3n) is 8.25. The molecule has 4 aliphatic rings. The topological polar surface area (TPSA) is 142 Å². The number of benzene rings is 1. The number of halogens is 1. The van der Waals surface area contributed by atoms with Gasteiger partial charge in [0.25, 0.3) is 11.5 Å². The first-order valence-electron chi connectivity index (χ1n) is 13.1. The van der Waals surface area contributed by atoms with Crippen molar-refractivity contribution in [3.63, 3.8) is 0 Å². The average Bonchev–Trinajstić information content (AvgIpc) is 3.64. The van der Waals surface area contributed by atoms with Gasteiger partial charge in [-0.05, 0) is 55.7 Å². The average molecular weight is 538 g/mol. The number of amides is 3. The van der Waals surface area contributed by atoms with Gasteiger partial charge in [-0.25, -0.2) is 9.37 Å². The lowest BCUT2D eigenvalue weighted by atomic mass is 9.77. The molecule has 0 radical (unpaired) electrons. The fraction of sp³-hybridized carbons (Fsp3) is 0.464. The molecule has 0 saturated heterocycles. The summed E-state index contributed by atoms with van der Waals surface area (Å²) in [7, 11) is 0. The lowest BCUT2D eigenvalue weighted by Gasteiger charge is -2.37. The summed E-state index contributed by atoms with van der Waals surface area (Å²) in [6.07, 6.45) is 4.16. The van der Waals surface area contributed by atoms with Gasteiger partial charge in [0, 0.05) is 32.0 Å². The summed E-state index contributed by atoms with van der Waals surface area (Å²) in [5, 5.41) is 19.2. The largest absolute Gasteiger partial charge is 0.501 e. The van der Waals surface area contributed by atoms with E-state index in [9.17, 15) is 28.7 Å².